The van der Waals surface area contributed by atoms with E-state index in [1.54, 1.807) is 24.3 Å². The Balaban J connectivity index is 2.83. The molecule has 1 atom stereocenters. The molecule has 0 bridgehead atoms. The van der Waals surface area contributed by atoms with Crippen LogP contribution in [0.1, 0.15) is 11.6 Å². The van der Waals surface area contributed by atoms with Crippen LogP contribution in [0.5, 0.6) is 0 Å². The molecule has 0 saturated heterocycles. The van der Waals surface area contributed by atoms with E-state index < -0.39 is 6.04 Å². The van der Waals surface area contributed by atoms with Gasteiger partial charge in [-0.25, -0.2) is 4.79 Å². The second-order valence-corrected chi connectivity index (χ2v) is 3.06. The van der Waals surface area contributed by atoms with Gasteiger partial charge in [0.2, 0.25) is 6.04 Å². The van der Waals surface area contributed by atoms with Gasteiger partial charge in [0.25, 0.3) is 0 Å². The van der Waals surface area contributed by atoms with Crippen LogP contribution in [0.4, 0.5) is 0 Å². The van der Waals surface area contributed by atoms with Gasteiger partial charge in [0.1, 0.15) is 0 Å². The molecule has 3 N–H and O–H groups in total. The molecule has 13 heavy (non-hydrogen) atoms. The predicted octanol–water partition coefficient (Wildman–Crippen LogP) is 0.796. The molecule has 0 aliphatic carbocycles. The summed E-state index contributed by atoms with van der Waals surface area (Å²) in [5, 5.41) is 0.640. The summed E-state index contributed by atoms with van der Waals surface area (Å²) < 4.78 is 4.56. The van der Waals surface area contributed by atoms with Crippen LogP contribution in [0.3, 0.4) is 0 Å². The van der Waals surface area contributed by atoms with Gasteiger partial charge in [0.15, 0.2) is 0 Å². The average molecular weight is 201 g/mol. The molecule has 0 spiro atoms. The van der Waals surface area contributed by atoms with E-state index in [1.165, 1.54) is 7.11 Å². The minimum atomic E-state index is -0.484. The van der Waals surface area contributed by atoms with Crippen molar-refractivity contribution in [3.8, 4) is 0 Å². The number of quaternary nitrogens is 1. The number of halogens is 1. The normalized spacial score (nSPS) is 12.2. The lowest BCUT2D eigenvalue weighted by atomic mass is 10.1. The summed E-state index contributed by atoms with van der Waals surface area (Å²) in [5.74, 6) is -0.345. The molecule has 0 aromatic heterocycles. The summed E-state index contributed by atoms with van der Waals surface area (Å²) in [5.41, 5.74) is 4.49. The predicted molar refractivity (Wildman–Crippen MR) is 49.1 cm³/mol. The Bertz CT molecular complexity index is 297. The van der Waals surface area contributed by atoms with Crippen molar-refractivity contribution in [3.05, 3.63) is 34.9 Å². The highest BCUT2D eigenvalue weighted by Gasteiger charge is 2.19. The Hall–Kier alpha value is -1.06. The van der Waals surface area contributed by atoms with E-state index in [2.05, 4.69) is 10.5 Å². The monoisotopic (exact) mass is 200 g/mol. The van der Waals surface area contributed by atoms with E-state index in [1.807, 2.05) is 0 Å². The molecular weight excluding hydrogens is 190 g/mol. The maximum atomic E-state index is 11.1. The Morgan fingerprint density at radius 3 is 2.46 bits per heavy atom. The number of rotatable bonds is 2. The molecule has 1 aromatic carbocycles. The number of carbonyl (C=O) groups excluding carboxylic acids is 1. The summed E-state index contributed by atoms with van der Waals surface area (Å²) in [6.07, 6.45) is 0. The number of methoxy groups -OCH3 is 1. The zero-order valence-electron chi connectivity index (χ0n) is 7.29. The molecule has 0 radical (unpaired) electrons. The average Bonchev–Trinajstić information content (AvgIpc) is 2.17. The van der Waals surface area contributed by atoms with Gasteiger partial charge in [-0.05, 0) is 12.1 Å². The van der Waals surface area contributed by atoms with Crippen LogP contribution in [-0.4, -0.2) is 13.1 Å². The quantitative estimate of drug-likeness (QED) is 0.718. The standard InChI is InChI=1S/C9H10ClNO2/c1-13-9(12)8(11)6-2-4-7(10)5-3-6/h2-5,8H,11H2,1H3/p+1/t8-/m0/s1. The topological polar surface area (TPSA) is 53.9 Å². The third-order valence-electron chi connectivity index (χ3n) is 1.76. The zero-order chi connectivity index (χ0) is 9.84. The highest BCUT2D eigenvalue weighted by Crippen LogP contribution is 2.14. The van der Waals surface area contributed by atoms with Crippen LogP contribution in [-0.2, 0) is 9.53 Å². The number of carbonyl (C=O) groups is 1. The molecule has 0 fully saturated rings. The van der Waals surface area contributed by atoms with E-state index >= 15 is 0 Å². The van der Waals surface area contributed by atoms with Crippen LogP contribution < -0.4 is 5.73 Å². The summed E-state index contributed by atoms with van der Waals surface area (Å²) >= 11 is 5.69. The third-order valence-corrected chi connectivity index (χ3v) is 2.01. The molecule has 1 rings (SSSR count). The Labute approximate surface area is 81.4 Å². The summed E-state index contributed by atoms with van der Waals surface area (Å²) in [7, 11) is 1.34. The van der Waals surface area contributed by atoms with E-state index in [0.717, 1.165) is 5.56 Å². The summed E-state index contributed by atoms with van der Waals surface area (Å²) in [6, 6.07) is 6.48. The fourth-order valence-corrected chi connectivity index (χ4v) is 1.10. The second-order valence-electron chi connectivity index (χ2n) is 2.63. The fraction of sp³-hybridized carbons (Fsp3) is 0.222. The molecule has 0 amide bonds. The lowest BCUT2D eigenvalue weighted by Crippen LogP contribution is -2.57. The van der Waals surface area contributed by atoms with Gasteiger partial charge in [-0.3, -0.25) is 0 Å². The van der Waals surface area contributed by atoms with Crippen molar-refractivity contribution in [2.75, 3.05) is 7.11 Å². The van der Waals surface area contributed by atoms with Gasteiger partial charge in [0, 0.05) is 10.6 Å². The van der Waals surface area contributed by atoms with E-state index in [0.29, 0.717) is 5.02 Å². The molecule has 0 heterocycles. The van der Waals surface area contributed by atoms with E-state index in [9.17, 15) is 4.79 Å². The van der Waals surface area contributed by atoms with Crippen molar-refractivity contribution in [2.45, 2.75) is 6.04 Å². The van der Waals surface area contributed by atoms with Crippen LogP contribution in [0, 0.1) is 0 Å². The summed E-state index contributed by atoms with van der Waals surface area (Å²) in [4.78, 5) is 11.1. The maximum Gasteiger partial charge on any atom is 0.369 e. The lowest BCUT2D eigenvalue weighted by molar-refractivity contribution is -0.414. The van der Waals surface area contributed by atoms with Gasteiger partial charge in [0.05, 0.1) is 7.11 Å². The van der Waals surface area contributed by atoms with Crippen molar-refractivity contribution >= 4 is 17.6 Å². The third kappa shape index (κ3) is 2.44. The molecule has 1 aromatic rings. The highest BCUT2D eigenvalue weighted by atomic mass is 35.5. The SMILES string of the molecule is COC(=O)[C@@H]([NH3+])c1ccc(Cl)cc1. The molecule has 0 aliphatic heterocycles. The molecule has 0 saturated carbocycles. The Kier molecular flexibility index (Phi) is 3.28. The first-order valence-corrected chi connectivity index (χ1v) is 4.19. The Morgan fingerprint density at radius 2 is 2.00 bits per heavy atom. The minimum absolute atomic E-state index is 0.345. The van der Waals surface area contributed by atoms with Gasteiger partial charge in [-0.2, -0.15) is 0 Å². The Morgan fingerprint density at radius 1 is 1.46 bits per heavy atom. The maximum absolute atomic E-state index is 11.1. The number of hydrogen-bond acceptors (Lipinski definition) is 2. The number of benzene rings is 1. The summed E-state index contributed by atoms with van der Waals surface area (Å²) in [6.45, 7) is 0. The number of esters is 1. The molecule has 4 heteroatoms. The minimum Gasteiger partial charge on any atom is -0.464 e. The first kappa shape index (κ1) is 10.0. The van der Waals surface area contributed by atoms with Crippen molar-refractivity contribution in [2.24, 2.45) is 0 Å². The molecule has 70 valence electrons. The van der Waals surface area contributed by atoms with E-state index in [4.69, 9.17) is 11.6 Å². The van der Waals surface area contributed by atoms with Gasteiger partial charge < -0.3 is 10.5 Å². The molecular formula is C9H11ClNO2+. The van der Waals surface area contributed by atoms with Gasteiger partial charge >= 0.3 is 5.97 Å². The molecule has 3 nitrogen and oxygen atoms in total. The molecule has 0 aliphatic rings. The van der Waals surface area contributed by atoms with Crippen molar-refractivity contribution in [3.63, 3.8) is 0 Å². The first-order chi connectivity index (χ1) is 6.15. The van der Waals surface area contributed by atoms with Gasteiger partial charge in [-0.15, -0.1) is 0 Å². The van der Waals surface area contributed by atoms with Crippen molar-refractivity contribution < 1.29 is 15.3 Å². The van der Waals surface area contributed by atoms with Crippen molar-refractivity contribution in [1.29, 1.82) is 0 Å². The van der Waals surface area contributed by atoms with Crippen LogP contribution in [0.15, 0.2) is 24.3 Å². The number of hydrogen-bond donors (Lipinski definition) is 1. The van der Waals surface area contributed by atoms with Crippen LogP contribution in [0.25, 0.3) is 0 Å². The molecule has 0 unspecified atom stereocenters. The smallest absolute Gasteiger partial charge is 0.369 e. The first-order valence-electron chi connectivity index (χ1n) is 3.81. The largest absolute Gasteiger partial charge is 0.464 e. The lowest BCUT2D eigenvalue weighted by Gasteiger charge is -2.05. The van der Waals surface area contributed by atoms with E-state index in [-0.39, 0.29) is 5.97 Å². The van der Waals surface area contributed by atoms with Crippen LogP contribution in [0.2, 0.25) is 5.02 Å². The van der Waals surface area contributed by atoms with Gasteiger partial charge in [-0.1, -0.05) is 23.7 Å². The second kappa shape index (κ2) is 4.25. The van der Waals surface area contributed by atoms with Crippen LogP contribution >= 0.6 is 11.6 Å². The fourth-order valence-electron chi connectivity index (χ4n) is 0.973. The number of ether oxygens (including phenoxy) is 1. The highest BCUT2D eigenvalue weighted by molar-refractivity contribution is 6.30. The zero-order valence-corrected chi connectivity index (χ0v) is 8.04. The van der Waals surface area contributed by atoms with Crippen molar-refractivity contribution in [1.82, 2.24) is 0 Å².